The number of halogens is 2. The number of likely N-dealkylation sites (N-methyl/N-ethyl adjacent to an activating group) is 1. The van der Waals surface area contributed by atoms with E-state index in [0.717, 1.165) is 31.4 Å². The fraction of sp³-hybridized carbons (Fsp3) is 0.476. The van der Waals surface area contributed by atoms with E-state index in [9.17, 15) is 13.2 Å². The third kappa shape index (κ3) is 10.5. The normalized spacial score (nSPS) is 11.6. The number of carbonyl (C=O) groups is 1. The summed E-state index contributed by atoms with van der Waals surface area (Å²) < 4.78 is 27.6. The van der Waals surface area contributed by atoms with E-state index in [4.69, 9.17) is 23.1 Å². The molecule has 0 saturated heterocycles. The summed E-state index contributed by atoms with van der Waals surface area (Å²) in [6.07, 6.45) is 2.60. The van der Waals surface area contributed by atoms with Crippen LogP contribution in [0, 0.1) is 0 Å². The lowest BCUT2D eigenvalue weighted by Crippen LogP contribution is -3.00. The summed E-state index contributed by atoms with van der Waals surface area (Å²) in [6, 6.07) is 9.11. The van der Waals surface area contributed by atoms with Gasteiger partial charge in [0.15, 0.2) is 22.5 Å². The van der Waals surface area contributed by atoms with Gasteiger partial charge >= 0.3 is 0 Å². The van der Waals surface area contributed by atoms with Crippen LogP contribution in [0.5, 0.6) is 0 Å². The first-order chi connectivity index (χ1) is 15.5. The Morgan fingerprint density at radius 2 is 1.68 bits per heavy atom. The summed E-state index contributed by atoms with van der Waals surface area (Å²) in [4.78, 5) is 20.0. The molecule has 0 radical (unpaired) electrons. The Labute approximate surface area is 216 Å². The molecule has 190 valence electrons. The minimum Gasteiger partial charge on any atom is -1.00 e. The molecule has 1 aromatic carbocycles. The zero-order valence-electron chi connectivity index (χ0n) is 19.4. The van der Waals surface area contributed by atoms with Gasteiger partial charge in [0.05, 0.1) is 39.5 Å². The second kappa shape index (κ2) is 13.8. The van der Waals surface area contributed by atoms with Crippen molar-refractivity contribution in [1.82, 2.24) is 20.0 Å². The second-order valence-corrected chi connectivity index (χ2v) is 10.6. The summed E-state index contributed by atoms with van der Waals surface area (Å²) in [5.41, 5.74) is 11.9. The van der Waals surface area contributed by atoms with Gasteiger partial charge in [0, 0.05) is 6.54 Å². The van der Waals surface area contributed by atoms with E-state index in [2.05, 4.69) is 34.1 Å². The van der Waals surface area contributed by atoms with Gasteiger partial charge < -0.3 is 38.2 Å². The van der Waals surface area contributed by atoms with Gasteiger partial charge in [-0.1, -0.05) is 41.9 Å². The van der Waals surface area contributed by atoms with E-state index in [1.54, 1.807) is 12.1 Å². The van der Waals surface area contributed by atoms with Crippen molar-refractivity contribution in [3.63, 3.8) is 0 Å². The van der Waals surface area contributed by atoms with Crippen LogP contribution < -0.4 is 38.5 Å². The Morgan fingerprint density at radius 3 is 2.35 bits per heavy atom. The van der Waals surface area contributed by atoms with Crippen LogP contribution in [0.15, 0.2) is 30.3 Å². The highest BCUT2D eigenvalue weighted by Gasteiger charge is 2.18. The fourth-order valence-electron chi connectivity index (χ4n) is 3.19. The largest absolute Gasteiger partial charge is 1.00 e. The van der Waals surface area contributed by atoms with Crippen LogP contribution in [0.1, 0.15) is 35.3 Å². The van der Waals surface area contributed by atoms with Crippen molar-refractivity contribution >= 4 is 39.2 Å². The predicted molar refractivity (Wildman–Crippen MR) is 131 cm³/mol. The molecule has 0 aliphatic carbocycles. The number of nitrogens with one attached hydrogen (secondary N) is 2. The Hall–Kier alpha value is -1.99. The lowest BCUT2D eigenvalue weighted by molar-refractivity contribution is -0.889. The number of rotatable bonds is 13. The van der Waals surface area contributed by atoms with Crippen molar-refractivity contribution in [1.29, 1.82) is 0 Å². The lowest BCUT2D eigenvalue weighted by Gasteiger charge is -2.30. The highest BCUT2D eigenvalue weighted by Crippen LogP contribution is 2.17. The zero-order chi connectivity index (χ0) is 24.5. The van der Waals surface area contributed by atoms with Crippen molar-refractivity contribution in [2.45, 2.75) is 25.0 Å². The van der Waals surface area contributed by atoms with Crippen molar-refractivity contribution in [3.05, 3.63) is 46.7 Å². The number of unbranched alkanes of at least 4 members (excludes halogenated alkanes) is 2. The van der Waals surface area contributed by atoms with E-state index in [0.29, 0.717) is 24.1 Å². The molecule has 1 heterocycles. The smallest absolute Gasteiger partial charge is 0.273 e. The number of sulfonamides is 1. The van der Waals surface area contributed by atoms with Gasteiger partial charge in [0.1, 0.15) is 0 Å². The molecule has 2 aromatic rings. The first-order valence-electron chi connectivity index (χ1n) is 10.7. The Kier molecular flexibility index (Phi) is 12.2. The van der Waals surface area contributed by atoms with Crippen molar-refractivity contribution in [3.8, 4) is 0 Å². The third-order valence-electron chi connectivity index (χ3n) is 5.08. The van der Waals surface area contributed by atoms with Gasteiger partial charge in [0.2, 0.25) is 10.0 Å². The Morgan fingerprint density at radius 1 is 1.00 bits per heavy atom. The van der Waals surface area contributed by atoms with Gasteiger partial charge in [-0.2, -0.15) is 0 Å². The van der Waals surface area contributed by atoms with E-state index >= 15 is 0 Å². The first kappa shape index (κ1) is 30.0. The average molecular weight is 579 g/mol. The summed E-state index contributed by atoms with van der Waals surface area (Å²) >= 11 is 5.82. The summed E-state index contributed by atoms with van der Waals surface area (Å²) in [6.45, 7) is 2.44. The van der Waals surface area contributed by atoms with Crippen LogP contribution in [0.2, 0.25) is 5.15 Å². The molecule has 0 fully saturated rings. The quantitative estimate of drug-likeness (QED) is 0.165. The number of carbonyl (C=O) groups excluding carboxylic acids is 1. The topological polar surface area (TPSA) is 153 Å². The second-order valence-electron chi connectivity index (χ2n) is 8.47. The SMILES string of the molecule is C[N+](C)(CCCCCNS(=O)(=O)Cc1ccccc1)CCNC(=O)c1nc(Cl)c(N)nc1N.[Br-]. The molecule has 0 aliphatic rings. The minimum absolute atomic E-state index is 0. The molecule has 0 aliphatic heterocycles. The van der Waals surface area contributed by atoms with Crippen molar-refractivity contribution in [2.75, 3.05) is 51.7 Å². The Balaban J connectivity index is 0.00000578. The van der Waals surface area contributed by atoms with E-state index in [1.165, 1.54) is 0 Å². The molecule has 1 amide bonds. The molecule has 13 heteroatoms. The lowest BCUT2D eigenvalue weighted by atomic mass is 10.2. The van der Waals surface area contributed by atoms with Crippen molar-refractivity contribution < 1.29 is 34.7 Å². The highest BCUT2D eigenvalue weighted by molar-refractivity contribution is 7.88. The van der Waals surface area contributed by atoms with Gasteiger partial charge in [-0.25, -0.2) is 23.1 Å². The average Bonchev–Trinajstić information content (AvgIpc) is 2.73. The molecule has 10 nitrogen and oxygen atoms in total. The first-order valence-corrected chi connectivity index (χ1v) is 12.7. The number of nitrogens with zero attached hydrogens (tertiary/aromatic N) is 3. The monoisotopic (exact) mass is 577 g/mol. The van der Waals surface area contributed by atoms with Crippen LogP contribution in [-0.4, -0.2) is 69.1 Å². The van der Waals surface area contributed by atoms with Gasteiger partial charge in [-0.15, -0.1) is 0 Å². The number of quaternary nitrogens is 1. The summed E-state index contributed by atoms with van der Waals surface area (Å²) in [7, 11) is 0.815. The fourth-order valence-corrected chi connectivity index (χ4v) is 4.51. The number of benzene rings is 1. The number of amides is 1. The van der Waals surface area contributed by atoms with E-state index < -0.39 is 15.9 Å². The predicted octanol–water partition coefficient (Wildman–Crippen LogP) is -1.61. The van der Waals surface area contributed by atoms with Crippen LogP contribution in [0.25, 0.3) is 0 Å². The highest BCUT2D eigenvalue weighted by atomic mass is 79.9. The molecule has 0 bridgehead atoms. The molecule has 34 heavy (non-hydrogen) atoms. The molecular weight excluding hydrogens is 546 g/mol. The van der Waals surface area contributed by atoms with Gasteiger partial charge in [0.25, 0.3) is 5.91 Å². The maximum Gasteiger partial charge on any atom is 0.273 e. The minimum atomic E-state index is -3.33. The molecule has 0 unspecified atom stereocenters. The number of hydrogen-bond donors (Lipinski definition) is 4. The molecule has 0 saturated carbocycles. The van der Waals surface area contributed by atoms with Crippen LogP contribution in [-0.2, 0) is 15.8 Å². The van der Waals surface area contributed by atoms with E-state index in [1.807, 2.05) is 18.2 Å². The third-order valence-corrected chi connectivity index (χ3v) is 6.72. The molecule has 6 N–H and O–H groups in total. The standard InChI is InChI=1S/C21H32ClN7O3S.BrH/c1-29(2,14-12-25-21(30)17-19(23)28-20(24)18(22)27-17)13-8-4-7-11-26-33(31,32)15-16-9-5-3-6-10-16;/h3,5-6,9-10,26H,4,7-8,11-15H2,1-2H3,(H4-,23,24,25,28,30);1H. The molecule has 1 aromatic heterocycles. The van der Waals surface area contributed by atoms with Crippen LogP contribution >= 0.6 is 11.6 Å². The number of hydrogen-bond acceptors (Lipinski definition) is 7. The van der Waals surface area contributed by atoms with Crippen molar-refractivity contribution in [2.24, 2.45) is 0 Å². The number of nitrogen functional groups attached to an aromatic ring is 2. The Bertz CT molecular complexity index is 1040. The summed E-state index contributed by atoms with van der Waals surface area (Å²) in [5, 5.41) is 2.71. The van der Waals surface area contributed by atoms with Crippen LogP contribution in [0.3, 0.4) is 0 Å². The summed E-state index contributed by atoms with van der Waals surface area (Å²) in [5.74, 6) is -0.553. The van der Waals surface area contributed by atoms with Crippen LogP contribution in [0.4, 0.5) is 11.6 Å². The molecular formula is C21H33BrClN7O3S. The number of anilines is 2. The molecule has 2 rings (SSSR count). The van der Waals surface area contributed by atoms with Gasteiger partial charge in [-0.05, 0) is 24.8 Å². The maximum absolute atomic E-state index is 12.3. The number of aromatic nitrogens is 2. The van der Waals surface area contributed by atoms with E-state index in [-0.39, 0.29) is 45.2 Å². The molecule has 0 spiro atoms. The zero-order valence-corrected chi connectivity index (χ0v) is 22.6. The molecule has 0 atom stereocenters. The number of nitrogens with two attached hydrogens (primary N) is 2. The van der Waals surface area contributed by atoms with Gasteiger partial charge in [-0.3, -0.25) is 4.79 Å². The maximum atomic E-state index is 12.3.